The van der Waals surface area contributed by atoms with Crippen LogP contribution in [0.1, 0.15) is 39.5 Å². The first-order valence-electron chi connectivity index (χ1n) is 7.43. The summed E-state index contributed by atoms with van der Waals surface area (Å²) in [5.41, 5.74) is 6.76. The second-order valence-electron chi connectivity index (χ2n) is 6.57. The molecule has 0 aromatic rings. The molecule has 4 nitrogen and oxygen atoms in total. The largest absolute Gasteiger partial charge is 0.383 e. The first-order chi connectivity index (χ1) is 8.99. The number of hydrogen-bond acceptors (Lipinski definition) is 4. The Morgan fingerprint density at radius 1 is 0.947 bits per heavy atom. The fourth-order valence-corrected chi connectivity index (χ4v) is 3.03. The Kier molecular flexibility index (Phi) is 6.74. The average molecular weight is 272 g/mol. The molecule has 0 atom stereocenters. The topological polar surface area (TPSA) is 47.7 Å². The number of hydrogen-bond donors (Lipinski definition) is 1. The summed E-state index contributed by atoms with van der Waals surface area (Å²) >= 11 is 0. The third-order valence-electron chi connectivity index (χ3n) is 4.72. The second-order valence-corrected chi connectivity index (χ2v) is 6.57. The lowest BCUT2D eigenvalue weighted by atomic mass is 9.68. The second kappa shape index (κ2) is 7.58. The monoisotopic (exact) mass is 272 g/mol. The van der Waals surface area contributed by atoms with Crippen LogP contribution in [0, 0.1) is 5.41 Å². The highest BCUT2D eigenvalue weighted by Gasteiger charge is 2.41. The molecule has 1 aliphatic rings. The maximum absolute atomic E-state index is 6.15. The molecular weight excluding hydrogens is 240 g/mol. The van der Waals surface area contributed by atoms with Crippen LogP contribution in [0.4, 0.5) is 0 Å². The van der Waals surface area contributed by atoms with E-state index < -0.39 is 0 Å². The van der Waals surface area contributed by atoms with E-state index >= 15 is 0 Å². The fraction of sp³-hybridized carbons (Fsp3) is 1.00. The molecule has 1 saturated carbocycles. The molecule has 0 aromatic heterocycles. The minimum atomic E-state index is 0.145. The summed E-state index contributed by atoms with van der Waals surface area (Å²) in [7, 11) is 3.52. The van der Waals surface area contributed by atoms with Crippen molar-refractivity contribution in [2.45, 2.75) is 45.1 Å². The van der Waals surface area contributed by atoms with Gasteiger partial charge in [0, 0.05) is 39.4 Å². The van der Waals surface area contributed by atoms with Gasteiger partial charge in [0.05, 0.1) is 13.2 Å². The van der Waals surface area contributed by atoms with E-state index in [1.165, 1.54) is 25.7 Å². The quantitative estimate of drug-likeness (QED) is 0.733. The van der Waals surface area contributed by atoms with E-state index in [0.717, 1.165) is 32.8 Å². The number of nitrogens with zero attached hydrogens (tertiary/aromatic N) is 1. The lowest BCUT2D eigenvalue weighted by Gasteiger charge is -2.49. The van der Waals surface area contributed by atoms with Gasteiger partial charge in [0.1, 0.15) is 0 Å². The predicted molar refractivity (Wildman–Crippen MR) is 79.4 cm³/mol. The molecule has 0 aromatic carbocycles. The summed E-state index contributed by atoms with van der Waals surface area (Å²) < 4.78 is 10.5. The highest BCUT2D eigenvalue weighted by Crippen LogP contribution is 2.42. The molecule has 1 fully saturated rings. The molecule has 0 spiro atoms. The molecule has 19 heavy (non-hydrogen) atoms. The maximum Gasteiger partial charge on any atom is 0.0589 e. The first kappa shape index (κ1) is 16.9. The van der Waals surface area contributed by atoms with E-state index in [2.05, 4.69) is 18.7 Å². The molecule has 0 aliphatic heterocycles. The van der Waals surface area contributed by atoms with Crippen molar-refractivity contribution in [2.75, 3.05) is 47.1 Å². The van der Waals surface area contributed by atoms with Crippen LogP contribution < -0.4 is 5.73 Å². The highest BCUT2D eigenvalue weighted by molar-refractivity contribution is 4.98. The van der Waals surface area contributed by atoms with Crippen molar-refractivity contribution < 1.29 is 9.47 Å². The smallest absolute Gasteiger partial charge is 0.0589 e. The van der Waals surface area contributed by atoms with Crippen LogP contribution in [0.2, 0.25) is 0 Å². The van der Waals surface area contributed by atoms with E-state index in [-0.39, 0.29) is 5.54 Å². The minimum Gasteiger partial charge on any atom is -0.383 e. The molecule has 0 heterocycles. The van der Waals surface area contributed by atoms with E-state index in [0.29, 0.717) is 5.41 Å². The molecule has 2 N–H and O–H groups in total. The van der Waals surface area contributed by atoms with E-state index in [9.17, 15) is 0 Å². The zero-order chi connectivity index (χ0) is 14.4. The minimum absolute atomic E-state index is 0.145. The van der Waals surface area contributed by atoms with Crippen molar-refractivity contribution in [1.29, 1.82) is 0 Å². The van der Waals surface area contributed by atoms with Crippen LogP contribution in [0.15, 0.2) is 0 Å². The zero-order valence-electron chi connectivity index (χ0n) is 13.2. The Morgan fingerprint density at radius 3 is 1.79 bits per heavy atom. The molecular formula is C15H32N2O2. The summed E-state index contributed by atoms with van der Waals surface area (Å²) in [6.07, 6.45) is 4.87. The van der Waals surface area contributed by atoms with Crippen LogP contribution in [-0.4, -0.2) is 57.5 Å². The van der Waals surface area contributed by atoms with Crippen LogP contribution in [0.5, 0.6) is 0 Å². The number of ether oxygens (including phenoxy) is 2. The van der Waals surface area contributed by atoms with Gasteiger partial charge in [-0.25, -0.2) is 0 Å². The molecule has 0 saturated heterocycles. The van der Waals surface area contributed by atoms with Crippen molar-refractivity contribution in [3.05, 3.63) is 0 Å². The van der Waals surface area contributed by atoms with Gasteiger partial charge < -0.3 is 15.2 Å². The molecule has 4 heteroatoms. The van der Waals surface area contributed by atoms with Crippen LogP contribution >= 0.6 is 0 Å². The van der Waals surface area contributed by atoms with Crippen LogP contribution in [-0.2, 0) is 9.47 Å². The summed E-state index contributed by atoms with van der Waals surface area (Å²) in [6.45, 7) is 8.86. The highest BCUT2D eigenvalue weighted by atomic mass is 16.5. The maximum atomic E-state index is 6.15. The zero-order valence-corrected chi connectivity index (χ0v) is 13.2. The van der Waals surface area contributed by atoms with Gasteiger partial charge in [0.2, 0.25) is 0 Å². The van der Waals surface area contributed by atoms with Gasteiger partial charge in [-0.2, -0.15) is 0 Å². The Bertz CT molecular complexity index is 239. The van der Waals surface area contributed by atoms with Gasteiger partial charge in [-0.15, -0.1) is 0 Å². The molecule has 0 unspecified atom stereocenters. The lowest BCUT2D eigenvalue weighted by Crippen LogP contribution is -2.58. The number of methoxy groups -OCH3 is 2. The van der Waals surface area contributed by atoms with Gasteiger partial charge in [-0.1, -0.05) is 13.8 Å². The van der Waals surface area contributed by atoms with E-state index in [1.54, 1.807) is 14.2 Å². The molecule has 0 bridgehead atoms. The number of nitrogens with two attached hydrogens (primary N) is 1. The third kappa shape index (κ3) is 4.71. The van der Waals surface area contributed by atoms with Gasteiger partial charge in [-0.05, 0) is 31.1 Å². The van der Waals surface area contributed by atoms with Gasteiger partial charge >= 0.3 is 0 Å². The Balaban J connectivity index is 2.70. The SMILES string of the molecule is COCCN(CCOC)C1(CN)CCC(C)(C)CC1. The van der Waals surface area contributed by atoms with Crippen molar-refractivity contribution in [1.82, 2.24) is 4.90 Å². The van der Waals surface area contributed by atoms with Crippen molar-refractivity contribution in [3.8, 4) is 0 Å². The molecule has 114 valence electrons. The lowest BCUT2D eigenvalue weighted by molar-refractivity contribution is -0.00569. The summed E-state index contributed by atoms with van der Waals surface area (Å²) in [5, 5.41) is 0. The van der Waals surface area contributed by atoms with Crippen molar-refractivity contribution in [2.24, 2.45) is 11.1 Å². The van der Waals surface area contributed by atoms with Crippen molar-refractivity contribution in [3.63, 3.8) is 0 Å². The summed E-state index contributed by atoms with van der Waals surface area (Å²) in [6, 6.07) is 0. The normalized spacial score (nSPS) is 21.8. The Labute approximate surface area is 118 Å². The Hall–Kier alpha value is -0.160. The van der Waals surface area contributed by atoms with E-state index in [1.807, 2.05) is 0 Å². The van der Waals surface area contributed by atoms with Gasteiger partial charge in [0.25, 0.3) is 0 Å². The standard InChI is InChI=1S/C15H32N2O2/c1-14(2)5-7-15(13-16,8-6-14)17(9-11-18-3)10-12-19-4/h5-13,16H2,1-4H3. The number of rotatable bonds is 8. The molecule has 0 amide bonds. The van der Waals surface area contributed by atoms with Gasteiger partial charge in [-0.3, -0.25) is 4.90 Å². The predicted octanol–water partition coefficient (Wildman–Crippen LogP) is 1.88. The molecule has 1 aliphatic carbocycles. The van der Waals surface area contributed by atoms with Gasteiger partial charge in [0.15, 0.2) is 0 Å². The molecule has 0 radical (unpaired) electrons. The van der Waals surface area contributed by atoms with Crippen molar-refractivity contribution >= 4 is 0 Å². The van der Waals surface area contributed by atoms with Crippen LogP contribution in [0.3, 0.4) is 0 Å². The summed E-state index contributed by atoms with van der Waals surface area (Å²) in [5.74, 6) is 0. The van der Waals surface area contributed by atoms with E-state index in [4.69, 9.17) is 15.2 Å². The Morgan fingerprint density at radius 2 is 1.42 bits per heavy atom. The van der Waals surface area contributed by atoms with Crippen LogP contribution in [0.25, 0.3) is 0 Å². The third-order valence-corrected chi connectivity index (χ3v) is 4.72. The fourth-order valence-electron chi connectivity index (χ4n) is 3.03. The first-order valence-corrected chi connectivity index (χ1v) is 7.43. The summed E-state index contributed by atoms with van der Waals surface area (Å²) in [4.78, 5) is 2.50. The average Bonchev–Trinajstić information content (AvgIpc) is 2.40. The molecule has 1 rings (SSSR count).